The summed E-state index contributed by atoms with van der Waals surface area (Å²) >= 11 is 0. The number of nitrogens with zero attached hydrogens (tertiary/aromatic N) is 1. The molecule has 0 spiro atoms. The van der Waals surface area contributed by atoms with Crippen LogP contribution in [0.15, 0.2) is 24.3 Å². The van der Waals surface area contributed by atoms with E-state index in [0.717, 1.165) is 22.2 Å². The molecule has 0 fully saturated rings. The van der Waals surface area contributed by atoms with Crippen LogP contribution in [0.3, 0.4) is 0 Å². The van der Waals surface area contributed by atoms with Crippen molar-refractivity contribution in [3.8, 4) is 5.75 Å². The van der Waals surface area contributed by atoms with Crippen molar-refractivity contribution in [2.24, 2.45) is 5.73 Å². The summed E-state index contributed by atoms with van der Waals surface area (Å²) in [5, 5.41) is 10.1. The van der Waals surface area contributed by atoms with E-state index in [4.69, 9.17) is 15.6 Å². The lowest BCUT2D eigenvalue weighted by atomic mass is 10.1. The number of rotatable bonds is 3. The van der Waals surface area contributed by atoms with Crippen LogP contribution in [0.4, 0.5) is 0 Å². The van der Waals surface area contributed by atoms with Crippen LogP contribution in [-0.2, 0) is 13.2 Å². The summed E-state index contributed by atoms with van der Waals surface area (Å²) in [6.45, 7) is 0.282. The third-order valence-corrected chi connectivity index (χ3v) is 2.56. The first kappa shape index (κ1) is 10.9. The highest BCUT2D eigenvalue weighted by molar-refractivity contribution is 5.81. The molecule has 16 heavy (non-hydrogen) atoms. The molecule has 0 atom stereocenters. The molecule has 0 amide bonds. The Morgan fingerprint density at radius 2 is 2.19 bits per heavy atom. The molecule has 0 bridgehead atoms. The summed E-state index contributed by atoms with van der Waals surface area (Å²) in [7, 11) is 1.63. The lowest BCUT2D eigenvalue weighted by Crippen LogP contribution is -2.04. The number of hydrogen-bond donors (Lipinski definition) is 2. The van der Waals surface area contributed by atoms with Crippen molar-refractivity contribution < 1.29 is 9.84 Å². The van der Waals surface area contributed by atoms with E-state index in [1.165, 1.54) is 0 Å². The number of aromatic nitrogens is 1. The highest BCUT2D eigenvalue weighted by Crippen LogP contribution is 2.21. The maximum Gasteiger partial charge on any atom is 0.119 e. The molecule has 0 unspecified atom stereocenters. The lowest BCUT2D eigenvalue weighted by Gasteiger charge is -2.08. The van der Waals surface area contributed by atoms with E-state index in [1.807, 2.05) is 24.3 Å². The molecule has 84 valence electrons. The average molecular weight is 218 g/mol. The van der Waals surface area contributed by atoms with Gasteiger partial charge in [-0.25, -0.2) is 0 Å². The Morgan fingerprint density at radius 1 is 1.38 bits per heavy atom. The molecule has 0 saturated heterocycles. The van der Waals surface area contributed by atoms with Gasteiger partial charge in [-0.2, -0.15) is 0 Å². The topological polar surface area (TPSA) is 68.4 Å². The fraction of sp³-hybridized carbons (Fsp3) is 0.250. The van der Waals surface area contributed by atoms with Gasteiger partial charge in [-0.3, -0.25) is 4.98 Å². The molecule has 2 rings (SSSR count). The average Bonchev–Trinajstić information content (AvgIpc) is 2.36. The second-order valence-corrected chi connectivity index (χ2v) is 3.52. The Hall–Kier alpha value is -1.65. The van der Waals surface area contributed by atoms with Gasteiger partial charge in [0.15, 0.2) is 0 Å². The number of nitrogens with two attached hydrogens (primary N) is 1. The van der Waals surface area contributed by atoms with E-state index < -0.39 is 0 Å². The first-order valence-corrected chi connectivity index (χ1v) is 5.06. The van der Waals surface area contributed by atoms with Gasteiger partial charge in [0.05, 0.1) is 24.9 Å². The zero-order chi connectivity index (χ0) is 11.5. The van der Waals surface area contributed by atoms with Crippen LogP contribution in [0, 0.1) is 0 Å². The Labute approximate surface area is 93.7 Å². The van der Waals surface area contributed by atoms with Crippen LogP contribution >= 0.6 is 0 Å². The first-order valence-electron chi connectivity index (χ1n) is 5.06. The number of pyridine rings is 1. The molecule has 0 saturated carbocycles. The van der Waals surface area contributed by atoms with Gasteiger partial charge >= 0.3 is 0 Å². The minimum Gasteiger partial charge on any atom is -0.497 e. The maximum atomic E-state index is 9.17. The van der Waals surface area contributed by atoms with Gasteiger partial charge in [-0.15, -0.1) is 0 Å². The smallest absolute Gasteiger partial charge is 0.119 e. The lowest BCUT2D eigenvalue weighted by molar-refractivity contribution is 0.276. The van der Waals surface area contributed by atoms with Crippen molar-refractivity contribution in [3.05, 3.63) is 35.5 Å². The largest absolute Gasteiger partial charge is 0.497 e. The molecule has 0 aliphatic heterocycles. The Kier molecular flexibility index (Phi) is 3.03. The van der Waals surface area contributed by atoms with Crippen molar-refractivity contribution in [1.82, 2.24) is 4.98 Å². The van der Waals surface area contributed by atoms with Crippen LogP contribution in [0.25, 0.3) is 10.9 Å². The predicted molar refractivity (Wildman–Crippen MR) is 62.1 cm³/mol. The van der Waals surface area contributed by atoms with Gasteiger partial charge in [0, 0.05) is 11.9 Å². The van der Waals surface area contributed by atoms with Crippen LogP contribution in [0.5, 0.6) is 5.75 Å². The normalized spacial score (nSPS) is 10.7. The summed E-state index contributed by atoms with van der Waals surface area (Å²) in [5.41, 5.74) is 7.94. The summed E-state index contributed by atoms with van der Waals surface area (Å²) in [6, 6.07) is 7.56. The van der Waals surface area contributed by atoms with Gasteiger partial charge < -0.3 is 15.6 Å². The summed E-state index contributed by atoms with van der Waals surface area (Å²) in [5.74, 6) is 0.786. The summed E-state index contributed by atoms with van der Waals surface area (Å²) in [4.78, 5) is 4.35. The molecule has 0 aliphatic rings. The van der Waals surface area contributed by atoms with E-state index in [9.17, 15) is 0 Å². The molecule has 0 aliphatic carbocycles. The van der Waals surface area contributed by atoms with Crippen molar-refractivity contribution in [2.45, 2.75) is 13.2 Å². The predicted octanol–water partition coefficient (Wildman–Crippen LogP) is 1.19. The van der Waals surface area contributed by atoms with Gasteiger partial charge in [-0.1, -0.05) is 0 Å². The monoisotopic (exact) mass is 218 g/mol. The van der Waals surface area contributed by atoms with Crippen molar-refractivity contribution in [1.29, 1.82) is 0 Å². The Bertz CT molecular complexity index is 512. The molecule has 4 heteroatoms. The number of ether oxygens (including phenoxy) is 1. The van der Waals surface area contributed by atoms with E-state index >= 15 is 0 Å². The number of aliphatic hydroxyl groups is 1. The molecule has 0 radical (unpaired) electrons. The van der Waals surface area contributed by atoms with Crippen LogP contribution < -0.4 is 10.5 Å². The van der Waals surface area contributed by atoms with Crippen LogP contribution in [0.1, 0.15) is 11.3 Å². The van der Waals surface area contributed by atoms with Crippen molar-refractivity contribution in [2.75, 3.05) is 7.11 Å². The third kappa shape index (κ3) is 1.85. The summed E-state index contributed by atoms with van der Waals surface area (Å²) in [6.07, 6.45) is 0. The van der Waals surface area contributed by atoms with E-state index in [-0.39, 0.29) is 6.61 Å². The number of aliphatic hydroxyl groups excluding tert-OH is 1. The van der Waals surface area contributed by atoms with E-state index in [0.29, 0.717) is 12.2 Å². The second kappa shape index (κ2) is 4.47. The van der Waals surface area contributed by atoms with Gasteiger partial charge in [0.1, 0.15) is 5.75 Å². The first-order chi connectivity index (χ1) is 7.78. The maximum absolute atomic E-state index is 9.17. The molecular formula is C12H14N2O2. The molecule has 3 N–H and O–H groups in total. The number of hydrogen-bond acceptors (Lipinski definition) is 4. The number of benzene rings is 1. The van der Waals surface area contributed by atoms with E-state index in [2.05, 4.69) is 4.98 Å². The second-order valence-electron chi connectivity index (χ2n) is 3.52. The Balaban J connectivity index is 2.63. The highest BCUT2D eigenvalue weighted by atomic mass is 16.5. The minimum atomic E-state index is -0.0888. The molecule has 4 nitrogen and oxygen atoms in total. The minimum absolute atomic E-state index is 0.0888. The van der Waals surface area contributed by atoms with E-state index in [1.54, 1.807) is 7.11 Å². The van der Waals surface area contributed by atoms with Crippen molar-refractivity contribution >= 4 is 10.9 Å². The van der Waals surface area contributed by atoms with Gasteiger partial charge in [0.2, 0.25) is 0 Å². The fourth-order valence-electron chi connectivity index (χ4n) is 1.68. The molecule has 1 heterocycles. The van der Waals surface area contributed by atoms with Gasteiger partial charge in [0.25, 0.3) is 0 Å². The molecular weight excluding hydrogens is 204 g/mol. The third-order valence-electron chi connectivity index (χ3n) is 2.56. The zero-order valence-corrected chi connectivity index (χ0v) is 9.10. The SMILES string of the molecule is COc1ccc2nc(CO)c(CN)cc2c1. The quantitative estimate of drug-likeness (QED) is 0.812. The van der Waals surface area contributed by atoms with Crippen LogP contribution in [0.2, 0.25) is 0 Å². The standard InChI is InChI=1S/C12H14N2O2/c1-16-10-2-3-11-8(5-10)4-9(6-13)12(7-15)14-11/h2-5,15H,6-7,13H2,1H3. The van der Waals surface area contributed by atoms with Gasteiger partial charge in [-0.05, 0) is 29.8 Å². The van der Waals surface area contributed by atoms with Crippen molar-refractivity contribution in [3.63, 3.8) is 0 Å². The highest BCUT2D eigenvalue weighted by Gasteiger charge is 2.05. The molecule has 2 aromatic rings. The zero-order valence-electron chi connectivity index (χ0n) is 9.10. The van der Waals surface area contributed by atoms with Crippen LogP contribution in [-0.4, -0.2) is 17.2 Å². The molecule has 1 aromatic carbocycles. The fourth-order valence-corrected chi connectivity index (χ4v) is 1.68. The molecule has 1 aromatic heterocycles. The number of methoxy groups -OCH3 is 1. The number of fused-ring (bicyclic) bond motifs is 1. The summed E-state index contributed by atoms with van der Waals surface area (Å²) < 4.78 is 5.14. The Morgan fingerprint density at radius 3 is 2.81 bits per heavy atom.